The van der Waals surface area contributed by atoms with Gasteiger partial charge in [0.2, 0.25) is 0 Å². The van der Waals surface area contributed by atoms with Gasteiger partial charge in [-0.25, -0.2) is 17.9 Å². The third-order valence-electron chi connectivity index (χ3n) is 6.30. The molecule has 2 aliphatic heterocycles. The molecule has 1 saturated heterocycles. The first-order valence-electron chi connectivity index (χ1n) is 11.2. The van der Waals surface area contributed by atoms with E-state index in [1.807, 2.05) is 0 Å². The molecule has 8 nitrogen and oxygen atoms in total. The molecule has 32 heavy (non-hydrogen) atoms. The van der Waals surface area contributed by atoms with E-state index in [1.54, 1.807) is 4.90 Å². The summed E-state index contributed by atoms with van der Waals surface area (Å²) in [5.41, 5.74) is 2.07. The second-order valence-electron chi connectivity index (χ2n) is 8.43. The number of esters is 1. The number of carbonyl (C=O) groups excluding carboxylic acids is 2. The largest absolute Gasteiger partial charge is 0.465 e. The molecular weight excluding hydrogens is 452 g/mol. The van der Waals surface area contributed by atoms with E-state index in [0.29, 0.717) is 44.5 Å². The Bertz CT molecular complexity index is 1010. The van der Waals surface area contributed by atoms with Gasteiger partial charge in [-0.2, -0.15) is 0 Å². The van der Waals surface area contributed by atoms with Crippen molar-refractivity contribution in [2.24, 2.45) is 0 Å². The SMILES string of the molecule is COC(=O)c1c(S(=O)(=O)NCCC2=CCCCC2)sc2c1CCN(C(=O)C1CCCO1)C2. The van der Waals surface area contributed by atoms with Crippen LogP contribution >= 0.6 is 11.3 Å². The standard InChI is InChI=1S/C22H30N2O6S2/c1-29-21(26)19-16-10-12-24(20(25)17-8-5-13-30-17)14-18(16)31-22(19)32(27,28)23-11-9-15-6-3-2-4-7-15/h6,17,23H,2-5,7-14H2,1H3. The Morgan fingerprint density at radius 2 is 2.12 bits per heavy atom. The highest BCUT2D eigenvalue weighted by Crippen LogP contribution is 2.37. The summed E-state index contributed by atoms with van der Waals surface area (Å²) in [6.07, 6.45) is 8.82. The topological polar surface area (TPSA) is 102 Å². The molecule has 1 amide bonds. The minimum atomic E-state index is -3.88. The number of nitrogens with zero attached hydrogens (tertiary/aromatic N) is 1. The molecular formula is C22H30N2O6S2. The van der Waals surface area contributed by atoms with Gasteiger partial charge in [0.25, 0.3) is 15.9 Å². The Labute approximate surface area is 193 Å². The normalized spacial score (nSPS) is 21.2. The molecule has 1 aromatic heterocycles. The highest BCUT2D eigenvalue weighted by atomic mass is 32.2. The summed E-state index contributed by atoms with van der Waals surface area (Å²) in [7, 11) is -2.63. The zero-order valence-corrected chi connectivity index (χ0v) is 20.0. The summed E-state index contributed by atoms with van der Waals surface area (Å²) < 4.78 is 39.3. The molecule has 3 aliphatic rings. The van der Waals surface area contributed by atoms with Crippen LogP contribution in [0.4, 0.5) is 0 Å². The predicted molar refractivity (Wildman–Crippen MR) is 120 cm³/mol. The molecule has 4 rings (SSSR count). The zero-order chi connectivity index (χ0) is 22.7. The van der Waals surface area contributed by atoms with Gasteiger partial charge in [-0.05, 0) is 56.9 Å². The van der Waals surface area contributed by atoms with Gasteiger partial charge >= 0.3 is 5.97 Å². The average Bonchev–Trinajstić information content (AvgIpc) is 3.47. The molecule has 0 bridgehead atoms. The second kappa shape index (κ2) is 10.0. The highest BCUT2D eigenvalue weighted by molar-refractivity contribution is 7.91. The van der Waals surface area contributed by atoms with Crippen molar-refractivity contribution in [1.82, 2.24) is 9.62 Å². The van der Waals surface area contributed by atoms with Crippen molar-refractivity contribution in [2.75, 3.05) is 26.8 Å². The van der Waals surface area contributed by atoms with Crippen molar-refractivity contribution in [3.8, 4) is 0 Å². The number of fused-ring (bicyclic) bond motifs is 1. The van der Waals surface area contributed by atoms with Crippen LogP contribution in [0.5, 0.6) is 0 Å². The molecule has 176 valence electrons. The van der Waals surface area contributed by atoms with Crippen LogP contribution in [0.3, 0.4) is 0 Å². The quantitative estimate of drug-likeness (QED) is 0.474. The minimum absolute atomic E-state index is 0.0154. The Balaban J connectivity index is 1.53. The summed E-state index contributed by atoms with van der Waals surface area (Å²) in [5.74, 6) is -0.721. The van der Waals surface area contributed by atoms with Gasteiger partial charge in [0.15, 0.2) is 0 Å². The Morgan fingerprint density at radius 1 is 1.28 bits per heavy atom. The van der Waals surface area contributed by atoms with Gasteiger partial charge in [0.1, 0.15) is 10.3 Å². The smallest absolute Gasteiger partial charge is 0.340 e. The maximum absolute atomic E-state index is 13.1. The molecule has 1 aliphatic carbocycles. The molecule has 10 heteroatoms. The summed E-state index contributed by atoms with van der Waals surface area (Å²) in [4.78, 5) is 27.7. The van der Waals surface area contributed by atoms with E-state index in [2.05, 4.69) is 10.8 Å². The van der Waals surface area contributed by atoms with E-state index < -0.39 is 22.1 Å². The summed E-state index contributed by atoms with van der Waals surface area (Å²) in [6.45, 7) is 1.59. The van der Waals surface area contributed by atoms with Crippen molar-refractivity contribution in [1.29, 1.82) is 0 Å². The van der Waals surface area contributed by atoms with Crippen molar-refractivity contribution in [3.63, 3.8) is 0 Å². The summed E-state index contributed by atoms with van der Waals surface area (Å²) in [6, 6.07) is 0. The van der Waals surface area contributed by atoms with Gasteiger partial charge in [0, 0.05) is 24.6 Å². The van der Waals surface area contributed by atoms with E-state index in [4.69, 9.17) is 9.47 Å². The van der Waals surface area contributed by atoms with Gasteiger partial charge in [-0.3, -0.25) is 4.79 Å². The van der Waals surface area contributed by atoms with Crippen LogP contribution in [0.2, 0.25) is 0 Å². The molecule has 0 aromatic carbocycles. The number of thiophene rings is 1. The number of ether oxygens (including phenoxy) is 2. The fraction of sp³-hybridized carbons (Fsp3) is 0.636. The van der Waals surface area contributed by atoms with Crippen molar-refractivity contribution in [3.05, 3.63) is 27.7 Å². The molecule has 0 saturated carbocycles. The number of rotatable bonds is 7. The fourth-order valence-corrected chi connectivity index (χ4v) is 7.56. The summed E-state index contributed by atoms with van der Waals surface area (Å²) >= 11 is 1.06. The number of nitrogens with one attached hydrogen (secondary N) is 1. The number of amides is 1. The van der Waals surface area contributed by atoms with Crippen LogP contribution in [0.25, 0.3) is 0 Å². The Hall–Kier alpha value is -1.75. The monoisotopic (exact) mass is 482 g/mol. The molecule has 1 N–H and O–H groups in total. The second-order valence-corrected chi connectivity index (χ2v) is 11.5. The van der Waals surface area contributed by atoms with Crippen LogP contribution in [0, 0.1) is 0 Å². The van der Waals surface area contributed by atoms with E-state index in [0.717, 1.165) is 41.9 Å². The Morgan fingerprint density at radius 3 is 2.81 bits per heavy atom. The van der Waals surface area contributed by atoms with E-state index in [1.165, 1.54) is 19.1 Å². The van der Waals surface area contributed by atoms with Gasteiger partial charge in [-0.15, -0.1) is 11.3 Å². The minimum Gasteiger partial charge on any atom is -0.465 e. The highest BCUT2D eigenvalue weighted by Gasteiger charge is 2.36. The maximum atomic E-state index is 13.1. The number of hydrogen-bond acceptors (Lipinski definition) is 7. The number of sulfonamides is 1. The van der Waals surface area contributed by atoms with Gasteiger partial charge in [0.05, 0.1) is 19.2 Å². The Kier molecular flexibility index (Phi) is 7.34. The lowest BCUT2D eigenvalue weighted by molar-refractivity contribution is -0.141. The van der Waals surface area contributed by atoms with Crippen LogP contribution in [-0.2, 0) is 37.3 Å². The van der Waals surface area contributed by atoms with Crippen LogP contribution in [0.15, 0.2) is 15.9 Å². The molecule has 1 unspecified atom stereocenters. The first-order chi connectivity index (χ1) is 15.4. The van der Waals surface area contributed by atoms with E-state index in [9.17, 15) is 18.0 Å². The molecule has 1 aromatic rings. The molecule has 1 fully saturated rings. The van der Waals surface area contributed by atoms with Crippen molar-refractivity contribution < 1.29 is 27.5 Å². The number of hydrogen-bond donors (Lipinski definition) is 1. The zero-order valence-electron chi connectivity index (χ0n) is 18.4. The molecule has 0 spiro atoms. The number of methoxy groups -OCH3 is 1. The molecule has 0 radical (unpaired) electrons. The third-order valence-corrected chi connectivity index (χ3v) is 9.49. The third kappa shape index (κ3) is 4.93. The van der Waals surface area contributed by atoms with Gasteiger partial charge < -0.3 is 14.4 Å². The lowest BCUT2D eigenvalue weighted by Gasteiger charge is -2.29. The van der Waals surface area contributed by atoms with E-state index >= 15 is 0 Å². The van der Waals surface area contributed by atoms with Gasteiger partial charge in [-0.1, -0.05) is 11.6 Å². The van der Waals surface area contributed by atoms with Crippen LogP contribution in [-0.4, -0.2) is 58.1 Å². The lowest BCUT2D eigenvalue weighted by Crippen LogP contribution is -2.41. The van der Waals surface area contributed by atoms with Crippen molar-refractivity contribution in [2.45, 2.75) is 68.2 Å². The average molecular weight is 483 g/mol. The predicted octanol–water partition coefficient (Wildman–Crippen LogP) is 2.77. The lowest BCUT2D eigenvalue weighted by atomic mass is 9.97. The first kappa shape index (κ1) is 23.4. The van der Waals surface area contributed by atoms with Crippen LogP contribution in [0.1, 0.15) is 65.7 Å². The maximum Gasteiger partial charge on any atom is 0.340 e. The molecule has 1 atom stereocenters. The first-order valence-corrected chi connectivity index (χ1v) is 13.5. The number of allylic oxidation sites excluding steroid dienone is 1. The number of carbonyl (C=O) groups is 2. The van der Waals surface area contributed by atoms with Crippen LogP contribution < -0.4 is 4.72 Å². The van der Waals surface area contributed by atoms with E-state index in [-0.39, 0.29) is 22.2 Å². The van der Waals surface area contributed by atoms with Crippen molar-refractivity contribution >= 4 is 33.2 Å². The fourth-order valence-electron chi connectivity index (χ4n) is 4.58. The molecule has 3 heterocycles. The summed E-state index contributed by atoms with van der Waals surface area (Å²) in [5, 5.41) is 0.